The summed E-state index contributed by atoms with van der Waals surface area (Å²) in [5.41, 5.74) is 8.51. The zero-order chi connectivity index (χ0) is 10.4. The summed E-state index contributed by atoms with van der Waals surface area (Å²) in [5, 5.41) is 3.02. The highest BCUT2D eigenvalue weighted by molar-refractivity contribution is 7.13. The second-order valence-electron chi connectivity index (χ2n) is 4.29. The van der Waals surface area contributed by atoms with Crippen LogP contribution in [0.15, 0.2) is 0 Å². The Labute approximate surface area is 92.7 Å². The van der Waals surface area contributed by atoms with Gasteiger partial charge in [-0.3, -0.25) is 4.79 Å². The monoisotopic (exact) mass is 222 g/mol. The largest absolute Gasteiger partial charge is 0.325 e. The molecule has 0 aromatic carbocycles. The second kappa shape index (κ2) is 3.32. The maximum atomic E-state index is 11.5. The third-order valence-electron chi connectivity index (χ3n) is 3.23. The van der Waals surface area contributed by atoms with Gasteiger partial charge in [0.05, 0.1) is 5.69 Å². The lowest BCUT2D eigenvalue weighted by Crippen LogP contribution is -2.10. The first-order valence-electron chi connectivity index (χ1n) is 5.45. The van der Waals surface area contributed by atoms with Crippen LogP contribution >= 0.6 is 11.3 Å². The van der Waals surface area contributed by atoms with Crippen molar-refractivity contribution in [2.24, 2.45) is 5.73 Å². The molecule has 1 aliphatic heterocycles. The standard InChI is InChI=1S/C11H14N2OS/c12-7-4-5-9(14)13-10-6-2-1-3-8(6)15-11(7)10/h7H,1-5,12H2,(H,13,14). The van der Waals surface area contributed by atoms with E-state index in [1.165, 1.54) is 21.7 Å². The van der Waals surface area contributed by atoms with Crippen LogP contribution in [-0.4, -0.2) is 5.91 Å². The van der Waals surface area contributed by atoms with Gasteiger partial charge in [0.15, 0.2) is 0 Å². The van der Waals surface area contributed by atoms with E-state index in [-0.39, 0.29) is 11.9 Å². The van der Waals surface area contributed by atoms with E-state index in [9.17, 15) is 4.79 Å². The van der Waals surface area contributed by atoms with Crippen LogP contribution < -0.4 is 11.1 Å². The Balaban J connectivity index is 2.11. The summed E-state index contributed by atoms with van der Waals surface area (Å²) in [6.07, 6.45) is 4.82. The normalized spacial score (nSPS) is 24.3. The highest BCUT2D eigenvalue weighted by atomic mass is 32.1. The van der Waals surface area contributed by atoms with Crippen molar-refractivity contribution >= 4 is 22.9 Å². The molecule has 2 heterocycles. The molecule has 0 radical (unpaired) electrons. The van der Waals surface area contributed by atoms with Crippen LogP contribution in [0.25, 0.3) is 0 Å². The van der Waals surface area contributed by atoms with Gasteiger partial charge in [0.2, 0.25) is 5.91 Å². The van der Waals surface area contributed by atoms with Gasteiger partial charge in [-0.1, -0.05) is 0 Å². The lowest BCUT2D eigenvalue weighted by Gasteiger charge is -2.07. The van der Waals surface area contributed by atoms with Crippen LogP contribution in [0.1, 0.15) is 40.6 Å². The average molecular weight is 222 g/mol. The van der Waals surface area contributed by atoms with Crippen LogP contribution in [0.2, 0.25) is 0 Å². The van der Waals surface area contributed by atoms with E-state index in [0.717, 1.165) is 24.9 Å². The molecule has 0 bridgehead atoms. The SMILES string of the molecule is NC1CCC(=O)Nc2c1sc1c2CCC1. The van der Waals surface area contributed by atoms with E-state index in [1.807, 2.05) is 11.3 Å². The molecule has 80 valence electrons. The van der Waals surface area contributed by atoms with Crippen molar-refractivity contribution in [3.05, 3.63) is 15.3 Å². The lowest BCUT2D eigenvalue weighted by atomic mass is 10.1. The molecule has 1 aromatic rings. The number of thiophene rings is 1. The summed E-state index contributed by atoms with van der Waals surface area (Å²) >= 11 is 1.81. The fourth-order valence-corrected chi connectivity index (χ4v) is 3.83. The first kappa shape index (κ1) is 9.36. The van der Waals surface area contributed by atoms with Gasteiger partial charge < -0.3 is 11.1 Å². The van der Waals surface area contributed by atoms with Gasteiger partial charge in [0.1, 0.15) is 0 Å². The number of hydrogen-bond donors (Lipinski definition) is 2. The van der Waals surface area contributed by atoms with Gasteiger partial charge in [0.25, 0.3) is 0 Å². The quantitative estimate of drug-likeness (QED) is 0.705. The minimum Gasteiger partial charge on any atom is -0.325 e. The van der Waals surface area contributed by atoms with Crippen LogP contribution in [-0.2, 0) is 17.6 Å². The number of nitrogens with two attached hydrogens (primary N) is 1. The third kappa shape index (κ3) is 1.40. The van der Waals surface area contributed by atoms with Gasteiger partial charge in [-0.15, -0.1) is 11.3 Å². The Bertz CT molecular complexity index is 424. The van der Waals surface area contributed by atoms with E-state index in [0.29, 0.717) is 6.42 Å². The van der Waals surface area contributed by atoms with Crippen LogP contribution in [0.5, 0.6) is 0 Å². The van der Waals surface area contributed by atoms with Crippen LogP contribution in [0.3, 0.4) is 0 Å². The van der Waals surface area contributed by atoms with Crippen LogP contribution in [0.4, 0.5) is 5.69 Å². The number of anilines is 1. The number of hydrogen-bond acceptors (Lipinski definition) is 3. The molecule has 1 atom stereocenters. The fourth-order valence-electron chi connectivity index (χ4n) is 2.44. The molecule has 0 fully saturated rings. The Hall–Kier alpha value is -0.870. The molecule has 3 nitrogen and oxygen atoms in total. The summed E-state index contributed by atoms with van der Waals surface area (Å²) in [4.78, 5) is 14.2. The molecule has 15 heavy (non-hydrogen) atoms. The predicted octanol–water partition coefficient (Wildman–Crippen LogP) is 1.97. The number of carbonyl (C=O) groups is 1. The van der Waals surface area contributed by atoms with Gasteiger partial charge in [0, 0.05) is 22.2 Å². The highest BCUT2D eigenvalue weighted by Gasteiger charge is 2.28. The van der Waals surface area contributed by atoms with E-state index in [4.69, 9.17) is 5.73 Å². The Morgan fingerprint density at radius 3 is 3.07 bits per heavy atom. The highest BCUT2D eigenvalue weighted by Crippen LogP contribution is 2.43. The van der Waals surface area contributed by atoms with Crippen molar-refractivity contribution in [3.8, 4) is 0 Å². The summed E-state index contributed by atoms with van der Waals surface area (Å²) < 4.78 is 0. The molecular weight excluding hydrogens is 208 g/mol. The minimum absolute atomic E-state index is 0.0505. The van der Waals surface area contributed by atoms with Gasteiger partial charge in [-0.2, -0.15) is 0 Å². The zero-order valence-corrected chi connectivity index (χ0v) is 9.32. The molecule has 1 aromatic heterocycles. The molecule has 2 aliphatic rings. The molecule has 3 N–H and O–H groups in total. The average Bonchev–Trinajstić information content (AvgIpc) is 2.74. The van der Waals surface area contributed by atoms with Crippen molar-refractivity contribution in [1.29, 1.82) is 0 Å². The number of aryl methyl sites for hydroxylation is 1. The molecule has 3 rings (SSSR count). The van der Waals surface area contributed by atoms with Crippen molar-refractivity contribution in [2.45, 2.75) is 38.1 Å². The van der Waals surface area contributed by atoms with Crippen molar-refractivity contribution in [2.75, 3.05) is 5.32 Å². The van der Waals surface area contributed by atoms with Gasteiger partial charge in [-0.25, -0.2) is 0 Å². The number of amides is 1. The fraction of sp³-hybridized carbons (Fsp3) is 0.545. The summed E-state index contributed by atoms with van der Waals surface area (Å²) in [6, 6.07) is 0.0505. The van der Waals surface area contributed by atoms with Crippen LogP contribution in [0, 0.1) is 0 Å². The molecule has 1 unspecified atom stereocenters. The first-order chi connectivity index (χ1) is 7.25. The molecule has 0 saturated heterocycles. The number of carbonyl (C=O) groups excluding carboxylic acids is 1. The third-order valence-corrected chi connectivity index (χ3v) is 4.66. The molecule has 0 saturated carbocycles. The number of fused-ring (bicyclic) bond motifs is 3. The minimum atomic E-state index is 0.0505. The summed E-state index contributed by atoms with van der Waals surface area (Å²) in [6.45, 7) is 0. The van der Waals surface area contributed by atoms with E-state index in [2.05, 4.69) is 5.32 Å². The Morgan fingerprint density at radius 2 is 2.20 bits per heavy atom. The smallest absolute Gasteiger partial charge is 0.224 e. The molecule has 1 amide bonds. The molecule has 0 spiro atoms. The number of nitrogens with one attached hydrogen (secondary N) is 1. The summed E-state index contributed by atoms with van der Waals surface area (Å²) in [7, 11) is 0. The van der Waals surface area contributed by atoms with Crippen molar-refractivity contribution in [3.63, 3.8) is 0 Å². The van der Waals surface area contributed by atoms with Crippen molar-refractivity contribution < 1.29 is 4.79 Å². The Kier molecular flexibility index (Phi) is 2.07. The lowest BCUT2D eigenvalue weighted by molar-refractivity contribution is -0.116. The van der Waals surface area contributed by atoms with E-state index in [1.54, 1.807) is 0 Å². The second-order valence-corrected chi connectivity index (χ2v) is 5.43. The number of rotatable bonds is 0. The topological polar surface area (TPSA) is 55.1 Å². The van der Waals surface area contributed by atoms with E-state index >= 15 is 0 Å². The van der Waals surface area contributed by atoms with Crippen molar-refractivity contribution in [1.82, 2.24) is 0 Å². The van der Waals surface area contributed by atoms with E-state index < -0.39 is 0 Å². The molecular formula is C11H14N2OS. The molecule has 4 heteroatoms. The van der Waals surface area contributed by atoms with Gasteiger partial charge in [-0.05, 0) is 31.2 Å². The Morgan fingerprint density at radius 1 is 1.33 bits per heavy atom. The maximum absolute atomic E-state index is 11.5. The molecule has 1 aliphatic carbocycles. The summed E-state index contributed by atoms with van der Waals surface area (Å²) in [5.74, 6) is 0.122. The zero-order valence-electron chi connectivity index (χ0n) is 8.51. The maximum Gasteiger partial charge on any atom is 0.224 e. The van der Waals surface area contributed by atoms with Gasteiger partial charge >= 0.3 is 0 Å². The predicted molar refractivity (Wildman–Crippen MR) is 61.1 cm³/mol. The first-order valence-corrected chi connectivity index (χ1v) is 6.27.